The first-order valence-corrected chi connectivity index (χ1v) is 6.00. The van der Waals surface area contributed by atoms with Crippen molar-refractivity contribution in [1.82, 2.24) is 10.1 Å². The van der Waals surface area contributed by atoms with E-state index in [1.165, 1.54) is 18.4 Å². The highest BCUT2D eigenvalue weighted by molar-refractivity contribution is 9.10. The Balaban J connectivity index is 2.16. The molecule has 0 amide bonds. The van der Waals surface area contributed by atoms with E-state index in [0.717, 1.165) is 9.35 Å². The van der Waals surface area contributed by atoms with Crippen LogP contribution < -0.4 is 0 Å². The van der Waals surface area contributed by atoms with Crippen LogP contribution in [0, 0.1) is 0 Å². The molecule has 0 bridgehead atoms. The number of ether oxygens (including phenoxy) is 1. The van der Waals surface area contributed by atoms with Gasteiger partial charge in [0, 0.05) is 9.85 Å². The van der Waals surface area contributed by atoms with Gasteiger partial charge in [-0.2, -0.15) is 4.98 Å². The molecule has 7 heteroatoms. The summed E-state index contributed by atoms with van der Waals surface area (Å²) in [6, 6.07) is 1.89. The van der Waals surface area contributed by atoms with E-state index >= 15 is 0 Å². The number of hydrogen-bond donors (Lipinski definition) is 0. The first-order chi connectivity index (χ1) is 7.69. The van der Waals surface area contributed by atoms with Crippen molar-refractivity contribution in [3.63, 3.8) is 0 Å². The second-order valence-electron chi connectivity index (χ2n) is 2.89. The maximum Gasteiger partial charge on any atom is 0.315 e. The van der Waals surface area contributed by atoms with E-state index < -0.39 is 5.97 Å². The maximum absolute atomic E-state index is 11.0. The van der Waals surface area contributed by atoms with Crippen molar-refractivity contribution in [3.8, 4) is 10.7 Å². The molecule has 16 heavy (non-hydrogen) atoms. The van der Waals surface area contributed by atoms with Crippen LogP contribution in [0.4, 0.5) is 0 Å². The molecule has 2 rings (SSSR count). The summed E-state index contributed by atoms with van der Waals surface area (Å²) in [5.74, 6) is 0.337. The number of esters is 1. The van der Waals surface area contributed by atoms with Gasteiger partial charge in [0.15, 0.2) is 0 Å². The molecule has 0 aliphatic heterocycles. The fourth-order valence-corrected chi connectivity index (χ4v) is 2.40. The van der Waals surface area contributed by atoms with E-state index in [4.69, 9.17) is 4.52 Å². The maximum atomic E-state index is 11.0. The molecule has 0 atom stereocenters. The monoisotopic (exact) mass is 302 g/mol. The Labute approximate surface area is 104 Å². The lowest BCUT2D eigenvalue weighted by molar-refractivity contribution is -0.140. The zero-order valence-corrected chi connectivity index (χ0v) is 10.7. The van der Waals surface area contributed by atoms with Gasteiger partial charge in [0.1, 0.15) is 6.42 Å². The Morgan fingerprint density at radius 1 is 1.69 bits per heavy atom. The number of nitrogens with zero attached hydrogens (tertiary/aromatic N) is 2. The Kier molecular flexibility index (Phi) is 3.35. The summed E-state index contributed by atoms with van der Waals surface area (Å²) < 4.78 is 10.4. The number of hydrogen-bond acceptors (Lipinski definition) is 6. The third kappa shape index (κ3) is 2.48. The van der Waals surface area contributed by atoms with Gasteiger partial charge in [-0.1, -0.05) is 5.16 Å². The van der Waals surface area contributed by atoms with Crippen LogP contribution in [0.1, 0.15) is 5.89 Å². The molecule has 5 nitrogen and oxygen atoms in total. The molecule has 0 fully saturated rings. The highest BCUT2D eigenvalue weighted by Gasteiger charge is 2.13. The summed E-state index contributed by atoms with van der Waals surface area (Å²) in [5, 5.41) is 5.71. The third-order valence-corrected chi connectivity index (χ3v) is 3.47. The molecule has 2 heterocycles. The van der Waals surface area contributed by atoms with E-state index in [9.17, 15) is 4.79 Å². The molecular formula is C9H7BrN2O3S. The standard InChI is InChI=1S/C9H7BrN2O3S/c1-14-8(13)3-7-11-9(12-15-7)6-2-5(10)4-16-6/h2,4H,3H2,1H3. The van der Waals surface area contributed by atoms with Gasteiger partial charge in [0.2, 0.25) is 11.7 Å². The Hall–Kier alpha value is -1.21. The van der Waals surface area contributed by atoms with Crippen molar-refractivity contribution < 1.29 is 14.1 Å². The topological polar surface area (TPSA) is 65.2 Å². The van der Waals surface area contributed by atoms with Crippen molar-refractivity contribution in [2.24, 2.45) is 0 Å². The minimum atomic E-state index is -0.400. The van der Waals surface area contributed by atoms with Gasteiger partial charge in [-0.15, -0.1) is 11.3 Å². The van der Waals surface area contributed by atoms with Crippen LogP contribution in [0.3, 0.4) is 0 Å². The normalized spacial score (nSPS) is 10.4. The molecule has 2 aromatic heterocycles. The van der Waals surface area contributed by atoms with Gasteiger partial charge in [-0.05, 0) is 22.0 Å². The second kappa shape index (κ2) is 4.75. The van der Waals surface area contributed by atoms with Gasteiger partial charge >= 0.3 is 5.97 Å². The summed E-state index contributed by atoms with van der Waals surface area (Å²) in [7, 11) is 1.32. The van der Waals surface area contributed by atoms with E-state index in [1.54, 1.807) is 0 Å². The number of rotatable bonds is 3. The molecule has 2 aromatic rings. The second-order valence-corrected chi connectivity index (χ2v) is 4.72. The molecule has 0 spiro atoms. The van der Waals surface area contributed by atoms with Gasteiger partial charge < -0.3 is 9.26 Å². The molecule has 0 N–H and O–H groups in total. The third-order valence-electron chi connectivity index (χ3n) is 1.78. The minimum Gasteiger partial charge on any atom is -0.469 e. The summed E-state index contributed by atoms with van der Waals surface area (Å²) in [6.07, 6.45) is -0.00392. The molecule has 0 unspecified atom stereocenters. The Bertz CT molecular complexity index is 508. The molecule has 0 saturated heterocycles. The van der Waals surface area contributed by atoms with Gasteiger partial charge in [0.05, 0.1) is 12.0 Å². The Morgan fingerprint density at radius 3 is 3.12 bits per heavy atom. The minimum absolute atomic E-state index is 0.00392. The van der Waals surface area contributed by atoms with Crippen molar-refractivity contribution in [2.45, 2.75) is 6.42 Å². The van der Waals surface area contributed by atoms with Crippen molar-refractivity contribution in [3.05, 3.63) is 21.8 Å². The summed E-state index contributed by atoms with van der Waals surface area (Å²) in [6.45, 7) is 0. The van der Waals surface area contributed by atoms with Crippen LogP contribution in [-0.2, 0) is 16.0 Å². The van der Waals surface area contributed by atoms with Gasteiger partial charge in [-0.3, -0.25) is 4.79 Å². The number of methoxy groups -OCH3 is 1. The molecule has 0 aliphatic carbocycles. The predicted molar refractivity (Wildman–Crippen MR) is 61.0 cm³/mol. The van der Waals surface area contributed by atoms with Crippen LogP contribution >= 0.6 is 27.3 Å². The van der Waals surface area contributed by atoms with Gasteiger partial charge in [0.25, 0.3) is 0 Å². The lowest BCUT2D eigenvalue weighted by Gasteiger charge is -1.91. The summed E-state index contributed by atoms with van der Waals surface area (Å²) in [4.78, 5) is 16.0. The largest absolute Gasteiger partial charge is 0.469 e. The van der Waals surface area contributed by atoms with Crippen molar-refractivity contribution in [1.29, 1.82) is 0 Å². The number of carbonyl (C=O) groups excluding carboxylic acids is 1. The zero-order valence-electron chi connectivity index (χ0n) is 8.27. The van der Waals surface area contributed by atoms with Crippen LogP contribution in [0.2, 0.25) is 0 Å². The van der Waals surface area contributed by atoms with Crippen molar-refractivity contribution >= 4 is 33.2 Å². The Morgan fingerprint density at radius 2 is 2.50 bits per heavy atom. The molecule has 0 aromatic carbocycles. The van der Waals surface area contributed by atoms with Crippen LogP contribution in [0.25, 0.3) is 10.7 Å². The van der Waals surface area contributed by atoms with Crippen LogP contribution in [0.15, 0.2) is 20.4 Å². The predicted octanol–water partition coefficient (Wildman–Crippen LogP) is 2.28. The SMILES string of the molecule is COC(=O)Cc1nc(-c2cc(Br)cs2)no1. The smallest absolute Gasteiger partial charge is 0.315 e. The average molecular weight is 303 g/mol. The quantitative estimate of drug-likeness (QED) is 0.814. The van der Waals surface area contributed by atoms with E-state index in [2.05, 4.69) is 30.8 Å². The number of carbonyl (C=O) groups is 1. The molecule has 0 aliphatic rings. The van der Waals surface area contributed by atoms with Crippen LogP contribution in [-0.4, -0.2) is 23.2 Å². The molecular weight excluding hydrogens is 296 g/mol. The average Bonchev–Trinajstić information content (AvgIpc) is 2.87. The first kappa shape index (κ1) is 11.3. The highest BCUT2D eigenvalue weighted by Crippen LogP contribution is 2.27. The van der Waals surface area contributed by atoms with E-state index in [1.807, 2.05) is 11.4 Å². The number of aromatic nitrogens is 2. The van der Waals surface area contributed by atoms with E-state index in [0.29, 0.717) is 5.82 Å². The van der Waals surface area contributed by atoms with Crippen LogP contribution in [0.5, 0.6) is 0 Å². The molecule has 0 radical (unpaired) electrons. The lowest BCUT2D eigenvalue weighted by atomic mass is 10.4. The fraction of sp³-hybridized carbons (Fsp3) is 0.222. The summed E-state index contributed by atoms with van der Waals surface area (Å²) >= 11 is 4.83. The van der Waals surface area contributed by atoms with E-state index in [-0.39, 0.29) is 12.3 Å². The van der Waals surface area contributed by atoms with Gasteiger partial charge in [-0.25, -0.2) is 0 Å². The zero-order chi connectivity index (χ0) is 11.5. The lowest BCUT2D eigenvalue weighted by Crippen LogP contribution is -2.04. The first-order valence-electron chi connectivity index (χ1n) is 4.33. The fourth-order valence-electron chi connectivity index (χ4n) is 1.05. The summed E-state index contributed by atoms with van der Waals surface area (Å²) in [5.41, 5.74) is 0. The highest BCUT2D eigenvalue weighted by atomic mass is 79.9. The molecule has 84 valence electrons. The molecule has 0 saturated carbocycles. The number of halogens is 1. The number of thiophene rings is 1. The van der Waals surface area contributed by atoms with Crippen molar-refractivity contribution in [2.75, 3.05) is 7.11 Å².